The summed E-state index contributed by atoms with van der Waals surface area (Å²) < 4.78 is 0. The van der Waals surface area contributed by atoms with Crippen LogP contribution in [-0.4, -0.2) is 123 Å². The van der Waals surface area contributed by atoms with E-state index < -0.39 is 139 Å². The van der Waals surface area contributed by atoms with Crippen molar-refractivity contribution in [3.63, 3.8) is 0 Å². The van der Waals surface area contributed by atoms with Gasteiger partial charge in [-0.2, -0.15) is 0 Å². The highest BCUT2D eigenvalue weighted by atomic mass is 16.4. The molecule has 1 aromatic rings. The molecule has 60 heavy (non-hydrogen) atoms. The summed E-state index contributed by atoms with van der Waals surface area (Å²) in [6, 6.07) is 0.106. The molecule has 0 saturated heterocycles. The van der Waals surface area contributed by atoms with Crippen molar-refractivity contribution in [3.8, 4) is 0 Å². The number of hydrogen-bond donors (Lipinski definition) is 10. The Hall–Kier alpha value is -6.41. The molecule has 1 aromatic carbocycles. The van der Waals surface area contributed by atoms with Crippen LogP contribution in [0.25, 0.3) is 0 Å². The first kappa shape index (κ1) is 51.6. The fourth-order valence-corrected chi connectivity index (χ4v) is 5.71. The van der Waals surface area contributed by atoms with Crippen LogP contribution in [0.2, 0.25) is 0 Å². The highest BCUT2D eigenvalue weighted by Gasteiger charge is 2.36. The molecule has 0 aliphatic carbocycles. The SMILES string of the molecule is CCC[C@H](NC(=O)[C@H](Cc1ccccc1)NC(=O)[C@@H](NC(=O)[C@@H](NC(=O)[C@H](CCC(=O)O)NC(=O)[C@H](CCC(=O)O)NC(C)=O)C(C)C)C(C)C)C(=O)C(=O)NCC(=O)O. The minimum absolute atomic E-state index is 0.00546. The molecule has 0 aromatic heterocycles. The first-order chi connectivity index (χ1) is 28.1. The normalized spacial score (nSPS) is 13.9. The van der Waals surface area contributed by atoms with Gasteiger partial charge in [0, 0.05) is 26.2 Å². The third kappa shape index (κ3) is 18.9. The van der Waals surface area contributed by atoms with Crippen LogP contribution in [0.3, 0.4) is 0 Å². The Morgan fingerprint density at radius 2 is 0.967 bits per heavy atom. The molecule has 0 radical (unpaired) electrons. The Morgan fingerprint density at radius 1 is 0.533 bits per heavy atom. The van der Waals surface area contributed by atoms with Crippen LogP contribution in [0, 0.1) is 11.8 Å². The Morgan fingerprint density at radius 3 is 1.43 bits per heavy atom. The fraction of sp³-hybridized carbons (Fsp3) is 0.564. The number of carboxylic acid groups (broad SMARTS) is 3. The third-order valence-electron chi connectivity index (χ3n) is 8.86. The maximum atomic E-state index is 13.9. The minimum Gasteiger partial charge on any atom is -0.481 e. The Bertz CT molecular complexity index is 1720. The van der Waals surface area contributed by atoms with E-state index >= 15 is 0 Å². The fourth-order valence-electron chi connectivity index (χ4n) is 5.71. The number of nitrogens with one attached hydrogen (secondary N) is 7. The number of ketones is 1. The maximum Gasteiger partial charge on any atom is 0.322 e. The molecular weight excluding hydrogens is 790 g/mol. The van der Waals surface area contributed by atoms with E-state index in [1.54, 1.807) is 65.0 Å². The Balaban J connectivity index is 3.36. The van der Waals surface area contributed by atoms with Crippen LogP contribution < -0.4 is 37.2 Å². The number of hydrogen-bond acceptors (Lipinski definition) is 11. The predicted molar refractivity (Wildman–Crippen MR) is 211 cm³/mol. The minimum atomic E-state index is -1.56. The second-order valence-corrected chi connectivity index (χ2v) is 14.7. The van der Waals surface area contributed by atoms with Crippen LogP contribution in [0.4, 0.5) is 0 Å². The van der Waals surface area contributed by atoms with Gasteiger partial charge in [-0.3, -0.25) is 52.7 Å². The molecule has 1 rings (SSSR count). The topological polar surface area (TPSA) is 333 Å². The lowest BCUT2D eigenvalue weighted by molar-refractivity contribution is -0.143. The summed E-state index contributed by atoms with van der Waals surface area (Å²) in [4.78, 5) is 139. The molecule has 0 unspecified atom stereocenters. The van der Waals surface area contributed by atoms with Crippen LogP contribution >= 0.6 is 0 Å². The lowest BCUT2D eigenvalue weighted by Crippen LogP contribution is -2.61. The van der Waals surface area contributed by atoms with Crippen molar-refractivity contribution >= 4 is 65.0 Å². The van der Waals surface area contributed by atoms with Crippen LogP contribution in [0.1, 0.15) is 85.6 Å². The van der Waals surface area contributed by atoms with Gasteiger partial charge in [0.1, 0.15) is 36.8 Å². The van der Waals surface area contributed by atoms with Gasteiger partial charge < -0.3 is 52.5 Å². The number of rotatable bonds is 27. The lowest BCUT2D eigenvalue weighted by Gasteiger charge is -2.30. The van der Waals surface area contributed by atoms with E-state index in [0.29, 0.717) is 12.0 Å². The van der Waals surface area contributed by atoms with Gasteiger partial charge in [0.25, 0.3) is 5.91 Å². The number of aliphatic carboxylic acids is 3. The van der Waals surface area contributed by atoms with Gasteiger partial charge in [-0.25, -0.2) is 0 Å². The van der Waals surface area contributed by atoms with Gasteiger partial charge in [0.05, 0.1) is 6.04 Å². The van der Waals surface area contributed by atoms with Gasteiger partial charge in [0.2, 0.25) is 41.2 Å². The lowest BCUT2D eigenvalue weighted by atomic mass is 9.98. The first-order valence-corrected chi connectivity index (χ1v) is 19.4. The van der Waals surface area contributed by atoms with Crippen LogP contribution in [0.15, 0.2) is 30.3 Å². The summed E-state index contributed by atoms with van der Waals surface area (Å²) in [6.07, 6.45) is -1.67. The second-order valence-electron chi connectivity index (χ2n) is 14.7. The second kappa shape index (κ2) is 25.8. The number of benzene rings is 1. The smallest absolute Gasteiger partial charge is 0.322 e. The van der Waals surface area contributed by atoms with E-state index in [1.165, 1.54) is 0 Å². The van der Waals surface area contributed by atoms with Crippen LogP contribution in [0.5, 0.6) is 0 Å². The van der Waals surface area contributed by atoms with Gasteiger partial charge in [0.15, 0.2) is 0 Å². The van der Waals surface area contributed by atoms with E-state index in [0.717, 1.165) is 6.92 Å². The Labute approximate surface area is 346 Å². The van der Waals surface area contributed by atoms with Gasteiger partial charge >= 0.3 is 17.9 Å². The summed E-state index contributed by atoms with van der Waals surface area (Å²) in [5.74, 6) is -12.8. The zero-order valence-corrected chi connectivity index (χ0v) is 34.5. The highest BCUT2D eigenvalue weighted by molar-refractivity contribution is 6.38. The Kier molecular flexibility index (Phi) is 22.2. The molecule has 0 heterocycles. The van der Waals surface area contributed by atoms with E-state index in [2.05, 4.69) is 31.9 Å². The largest absolute Gasteiger partial charge is 0.481 e. The molecule has 0 aliphatic rings. The average Bonchev–Trinajstić information content (AvgIpc) is 3.16. The summed E-state index contributed by atoms with van der Waals surface area (Å²) in [7, 11) is 0. The van der Waals surface area contributed by atoms with E-state index in [1.807, 2.05) is 5.32 Å². The third-order valence-corrected chi connectivity index (χ3v) is 8.86. The highest BCUT2D eigenvalue weighted by Crippen LogP contribution is 2.12. The first-order valence-electron chi connectivity index (χ1n) is 19.4. The molecule has 0 aliphatic heterocycles. The van der Waals surface area contributed by atoms with Crippen molar-refractivity contribution in [3.05, 3.63) is 35.9 Å². The molecule has 0 bridgehead atoms. The molecule has 21 nitrogen and oxygen atoms in total. The van der Waals surface area contributed by atoms with Crippen molar-refractivity contribution < 1.29 is 68.1 Å². The van der Waals surface area contributed by atoms with Gasteiger partial charge in [-0.15, -0.1) is 0 Å². The van der Waals surface area contributed by atoms with Crippen molar-refractivity contribution in [1.82, 2.24) is 37.2 Å². The number of amides is 7. The maximum absolute atomic E-state index is 13.9. The molecular formula is C39H57N7O14. The van der Waals surface area contributed by atoms with Crippen molar-refractivity contribution in [2.45, 2.75) is 123 Å². The number of carbonyl (C=O) groups is 11. The van der Waals surface area contributed by atoms with E-state index in [9.17, 15) is 57.8 Å². The van der Waals surface area contributed by atoms with E-state index in [-0.39, 0.29) is 19.3 Å². The molecule has 0 saturated carbocycles. The zero-order chi connectivity index (χ0) is 45.7. The molecule has 7 amide bonds. The van der Waals surface area contributed by atoms with Crippen LogP contribution in [-0.2, 0) is 59.2 Å². The molecule has 0 fully saturated rings. The molecule has 10 N–H and O–H groups in total. The molecule has 0 spiro atoms. The summed E-state index contributed by atoms with van der Waals surface area (Å²) in [5.41, 5.74) is 0.595. The summed E-state index contributed by atoms with van der Waals surface area (Å²) in [5, 5.41) is 44.0. The molecule has 6 atom stereocenters. The quantitative estimate of drug-likeness (QED) is 0.0464. The van der Waals surface area contributed by atoms with Gasteiger partial charge in [-0.05, 0) is 36.7 Å². The number of carbonyl (C=O) groups excluding carboxylic acids is 8. The number of Topliss-reactive ketones (excluding diaryl/α,β-unsaturated/α-hetero) is 1. The van der Waals surface area contributed by atoms with Crippen molar-refractivity contribution in [1.29, 1.82) is 0 Å². The van der Waals surface area contributed by atoms with Crippen molar-refractivity contribution in [2.75, 3.05) is 6.54 Å². The zero-order valence-electron chi connectivity index (χ0n) is 34.5. The van der Waals surface area contributed by atoms with E-state index in [4.69, 9.17) is 10.2 Å². The molecule has 332 valence electrons. The van der Waals surface area contributed by atoms with Crippen molar-refractivity contribution in [2.24, 2.45) is 11.8 Å². The monoisotopic (exact) mass is 847 g/mol. The summed E-state index contributed by atoms with van der Waals surface area (Å²) in [6.45, 7) is 8.27. The predicted octanol–water partition coefficient (Wildman–Crippen LogP) is -1.23. The summed E-state index contributed by atoms with van der Waals surface area (Å²) >= 11 is 0. The standard InChI is InChI=1S/C39H57N7O14/c1-7-11-24(33(54)39(60)40-19-30(52)53)42-36(57)27(18-23-12-9-8-10-13-23)44-37(58)31(20(2)3)46-38(59)32(21(4)5)45-35(56)26(15-17-29(50)51)43-34(55)25(41-22(6)47)14-16-28(48)49/h8-10,12-13,20-21,24-27,31-32H,7,11,14-19H2,1-6H3,(H,40,60)(H,41,47)(H,42,57)(H,43,55)(H,44,58)(H,45,56)(H,46,59)(H,48,49)(H,50,51)(H,52,53)/t24-,25-,26-,27-,31-,32-/m0/s1. The number of carboxylic acids is 3. The average molecular weight is 848 g/mol. The molecule has 21 heteroatoms. The van der Waals surface area contributed by atoms with Gasteiger partial charge in [-0.1, -0.05) is 71.4 Å².